The van der Waals surface area contributed by atoms with Gasteiger partial charge in [-0.1, -0.05) is 33.8 Å². The van der Waals surface area contributed by atoms with E-state index in [4.69, 9.17) is 10.5 Å². The molecular weight excluding hydrogens is 324 g/mol. The number of nitrogens with two attached hydrogens (primary N) is 1. The molecule has 0 atom stereocenters. The first-order valence-electron chi connectivity index (χ1n) is 5.91. The van der Waals surface area contributed by atoms with Gasteiger partial charge in [0.2, 0.25) is 5.88 Å². The van der Waals surface area contributed by atoms with Crippen molar-refractivity contribution in [2.45, 2.75) is 29.9 Å². The highest BCUT2D eigenvalue weighted by atomic mass is 79.9. The first kappa shape index (κ1) is 14.2. The summed E-state index contributed by atoms with van der Waals surface area (Å²) in [6.07, 6.45) is 0.0564. The maximum absolute atomic E-state index is 5.85. The average Bonchev–Trinajstić information content (AvgIpc) is 2.33. The highest BCUT2D eigenvalue weighted by Crippen LogP contribution is 2.31. The van der Waals surface area contributed by atoms with E-state index in [-0.39, 0.29) is 6.10 Å². The van der Waals surface area contributed by atoms with Crippen LogP contribution < -0.4 is 10.5 Å². The van der Waals surface area contributed by atoms with Crippen LogP contribution in [-0.2, 0) is 0 Å². The van der Waals surface area contributed by atoms with Crippen molar-refractivity contribution in [3.8, 4) is 5.88 Å². The molecule has 100 valence electrons. The maximum Gasteiger partial charge on any atom is 0.238 e. The van der Waals surface area contributed by atoms with Crippen molar-refractivity contribution < 1.29 is 4.74 Å². The minimum absolute atomic E-state index is 0.0564. The van der Waals surface area contributed by atoms with Crippen LogP contribution in [-0.4, -0.2) is 11.1 Å². The van der Waals surface area contributed by atoms with Gasteiger partial charge < -0.3 is 10.5 Å². The summed E-state index contributed by atoms with van der Waals surface area (Å²) in [5, 5.41) is 0.864. The summed E-state index contributed by atoms with van der Waals surface area (Å²) in [5.41, 5.74) is 6.41. The molecule has 2 N–H and O–H groups in total. The molecule has 19 heavy (non-hydrogen) atoms. The zero-order chi connectivity index (χ0) is 13.8. The SMILES string of the molecule is CC(C)Oc1nc(Sc2cccc(Br)c2)ccc1N. The third kappa shape index (κ3) is 4.14. The van der Waals surface area contributed by atoms with Crippen LogP contribution in [0.2, 0.25) is 0 Å². The molecule has 0 saturated heterocycles. The van der Waals surface area contributed by atoms with Crippen LogP contribution in [0.1, 0.15) is 13.8 Å². The topological polar surface area (TPSA) is 48.1 Å². The highest BCUT2D eigenvalue weighted by Gasteiger charge is 2.07. The fourth-order valence-electron chi connectivity index (χ4n) is 1.46. The molecule has 2 aromatic rings. The average molecular weight is 339 g/mol. The largest absolute Gasteiger partial charge is 0.473 e. The quantitative estimate of drug-likeness (QED) is 0.899. The van der Waals surface area contributed by atoms with Crippen molar-refractivity contribution in [3.05, 3.63) is 40.9 Å². The second-order valence-electron chi connectivity index (χ2n) is 4.27. The van der Waals surface area contributed by atoms with E-state index in [1.807, 2.05) is 50.2 Å². The molecule has 0 bridgehead atoms. The molecule has 1 aromatic carbocycles. The second-order valence-corrected chi connectivity index (χ2v) is 6.28. The second kappa shape index (κ2) is 6.30. The van der Waals surface area contributed by atoms with E-state index in [0.717, 1.165) is 14.4 Å². The van der Waals surface area contributed by atoms with Gasteiger partial charge in [0.1, 0.15) is 5.03 Å². The Morgan fingerprint density at radius 3 is 2.74 bits per heavy atom. The third-order valence-electron chi connectivity index (χ3n) is 2.23. The van der Waals surface area contributed by atoms with E-state index in [1.54, 1.807) is 11.8 Å². The Labute approximate surface area is 125 Å². The monoisotopic (exact) mass is 338 g/mol. The molecule has 0 spiro atoms. The lowest BCUT2D eigenvalue weighted by atomic mass is 10.4. The number of rotatable bonds is 4. The number of nitrogen functional groups attached to an aromatic ring is 1. The Kier molecular flexibility index (Phi) is 4.71. The Bertz CT molecular complexity index is 575. The van der Waals surface area contributed by atoms with E-state index in [2.05, 4.69) is 20.9 Å². The van der Waals surface area contributed by atoms with E-state index >= 15 is 0 Å². The number of aromatic nitrogens is 1. The number of ether oxygens (including phenoxy) is 1. The van der Waals surface area contributed by atoms with Gasteiger partial charge >= 0.3 is 0 Å². The Morgan fingerprint density at radius 1 is 1.26 bits per heavy atom. The van der Waals surface area contributed by atoms with Gasteiger partial charge in [-0.15, -0.1) is 0 Å². The molecule has 0 radical (unpaired) electrons. The molecule has 0 unspecified atom stereocenters. The number of pyridine rings is 1. The molecule has 1 aromatic heterocycles. The lowest BCUT2D eigenvalue weighted by Gasteiger charge is -2.12. The number of halogens is 1. The standard InChI is InChI=1S/C14H15BrN2OS/c1-9(2)18-14-12(16)6-7-13(17-14)19-11-5-3-4-10(15)8-11/h3-9H,16H2,1-2H3. The van der Waals surface area contributed by atoms with Crippen LogP contribution in [0.25, 0.3) is 0 Å². The number of benzene rings is 1. The fraction of sp³-hybridized carbons (Fsp3) is 0.214. The fourth-order valence-corrected chi connectivity index (χ4v) is 2.85. The number of hydrogen-bond donors (Lipinski definition) is 1. The zero-order valence-electron chi connectivity index (χ0n) is 10.8. The van der Waals surface area contributed by atoms with Crippen molar-refractivity contribution in [2.24, 2.45) is 0 Å². The summed E-state index contributed by atoms with van der Waals surface area (Å²) in [5.74, 6) is 0.495. The summed E-state index contributed by atoms with van der Waals surface area (Å²) >= 11 is 5.03. The molecule has 3 nitrogen and oxygen atoms in total. The van der Waals surface area contributed by atoms with Crippen molar-refractivity contribution >= 4 is 33.4 Å². The molecule has 5 heteroatoms. The number of nitrogens with zero attached hydrogens (tertiary/aromatic N) is 1. The molecule has 0 saturated carbocycles. The van der Waals surface area contributed by atoms with E-state index < -0.39 is 0 Å². The molecule has 0 amide bonds. The first-order valence-corrected chi connectivity index (χ1v) is 7.52. The lowest BCUT2D eigenvalue weighted by molar-refractivity contribution is 0.232. The first-order chi connectivity index (χ1) is 9.04. The zero-order valence-corrected chi connectivity index (χ0v) is 13.2. The van der Waals surface area contributed by atoms with Crippen molar-refractivity contribution in [2.75, 3.05) is 5.73 Å². The molecular formula is C14H15BrN2OS. The predicted octanol–water partition coefficient (Wildman–Crippen LogP) is 4.36. The minimum Gasteiger partial charge on any atom is -0.473 e. The lowest BCUT2D eigenvalue weighted by Crippen LogP contribution is -2.09. The molecule has 0 fully saturated rings. The Balaban J connectivity index is 2.21. The smallest absolute Gasteiger partial charge is 0.238 e. The van der Waals surface area contributed by atoms with Crippen molar-refractivity contribution in [3.63, 3.8) is 0 Å². The van der Waals surface area contributed by atoms with Crippen LogP contribution in [0.5, 0.6) is 5.88 Å². The van der Waals surface area contributed by atoms with Crippen molar-refractivity contribution in [1.29, 1.82) is 0 Å². The summed E-state index contributed by atoms with van der Waals surface area (Å²) < 4.78 is 6.64. The molecule has 0 aliphatic heterocycles. The molecule has 1 heterocycles. The van der Waals surface area contributed by atoms with Gasteiger partial charge in [0.25, 0.3) is 0 Å². The van der Waals surface area contributed by atoms with Gasteiger partial charge in [0, 0.05) is 9.37 Å². The summed E-state index contributed by atoms with van der Waals surface area (Å²) in [4.78, 5) is 5.55. The van der Waals surface area contributed by atoms with Crippen LogP contribution in [0.4, 0.5) is 5.69 Å². The van der Waals surface area contributed by atoms with Crippen LogP contribution >= 0.6 is 27.7 Å². The third-order valence-corrected chi connectivity index (χ3v) is 3.65. The Morgan fingerprint density at radius 2 is 2.05 bits per heavy atom. The van der Waals surface area contributed by atoms with Crippen LogP contribution in [0.3, 0.4) is 0 Å². The molecule has 2 rings (SSSR count). The van der Waals surface area contributed by atoms with Gasteiger partial charge in [0.05, 0.1) is 11.8 Å². The Hall–Kier alpha value is -1.20. The number of anilines is 1. The van der Waals surface area contributed by atoms with Gasteiger partial charge in [-0.2, -0.15) is 0 Å². The normalized spacial score (nSPS) is 10.7. The minimum atomic E-state index is 0.0564. The summed E-state index contributed by atoms with van der Waals surface area (Å²) in [6, 6.07) is 11.8. The van der Waals surface area contributed by atoms with Gasteiger partial charge in [-0.3, -0.25) is 0 Å². The van der Waals surface area contributed by atoms with E-state index in [1.165, 1.54) is 0 Å². The molecule has 0 aliphatic carbocycles. The van der Waals surface area contributed by atoms with E-state index in [0.29, 0.717) is 11.6 Å². The maximum atomic E-state index is 5.85. The van der Waals surface area contributed by atoms with Crippen LogP contribution in [0, 0.1) is 0 Å². The van der Waals surface area contributed by atoms with Gasteiger partial charge in [-0.05, 0) is 44.2 Å². The van der Waals surface area contributed by atoms with Gasteiger partial charge in [0.15, 0.2) is 0 Å². The van der Waals surface area contributed by atoms with E-state index in [9.17, 15) is 0 Å². The molecule has 0 aliphatic rings. The highest BCUT2D eigenvalue weighted by molar-refractivity contribution is 9.10. The number of hydrogen-bond acceptors (Lipinski definition) is 4. The van der Waals surface area contributed by atoms with Crippen LogP contribution in [0.15, 0.2) is 50.8 Å². The predicted molar refractivity (Wildman–Crippen MR) is 82.7 cm³/mol. The summed E-state index contributed by atoms with van der Waals surface area (Å²) in [7, 11) is 0. The summed E-state index contributed by atoms with van der Waals surface area (Å²) in [6.45, 7) is 3.91. The van der Waals surface area contributed by atoms with Gasteiger partial charge in [-0.25, -0.2) is 4.98 Å². The van der Waals surface area contributed by atoms with Crippen molar-refractivity contribution in [1.82, 2.24) is 4.98 Å².